The number of carbonyl (C=O) groups is 1. The molecule has 4 aliphatic heterocycles. The zero-order valence-electron chi connectivity index (χ0n) is 29.0. The van der Waals surface area contributed by atoms with Crippen molar-refractivity contribution in [3.05, 3.63) is 47.0 Å². The van der Waals surface area contributed by atoms with Crippen molar-refractivity contribution in [2.45, 2.75) is 121 Å². The van der Waals surface area contributed by atoms with Crippen molar-refractivity contribution in [1.82, 2.24) is 0 Å². The number of carbonyl (C=O) groups excluding carboxylic acids is 1. The second-order valence-electron chi connectivity index (χ2n) is 17.2. The monoisotopic (exact) mass is 642 g/mol. The van der Waals surface area contributed by atoms with Crippen molar-refractivity contribution in [2.24, 2.45) is 46.3 Å². The molecule has 1 spiro atoms. The molecule has 4 fully saturated rings. The quantitative estimate of drug-likeness (QED) is 0.378. The van der Waals surface area contributed by atoms with Crippen molar-refractivity contribution in [2.75, 3.05) is 19.8 Å². The molecule has 47 heavy (non-hydrogen) atoms. The highest BCUT2D eigenvalue weighted by atomic mass is 16.5. The van der Waals surface area contributed by atoms with Crippen molar-refractivity contribution in [1.29, 1.82) is 0 Å². The number of Topliss-reactive ketones (excluding diaryl/α,β-unsaturated/α-hetero) is 1. The van der Waals surface area contributed by atoms with Gasteiger partial charge in [-0.15, -0.1) is 0 Å². The van der Waals surface area contributed by atoms with Gasteiger partial charge in [-0.3, -0.25) is 4.79 Å². The SMILES string of the molecule is CC1COC(C(O)C(C)(O)C2CC3CCC4=C5C6CCC2(C)C53OCC#CC(c2ccccc2)COC2CCC6(C)C(C2)C4=O)C1C. The lowest BCUT2D eigenvalue weighted by Gasteiger charge is -2.64. The number of fused-ring (bicyclic) bond motifs is 1. The van der Waals surface area contributed by atoms with E-state index in [-0.39, 0.29) is 53.6 Å². The van der Waals surface area contributed by atoms with Crippen molar-refractivity contribution in [3.8, 4) is 11.8 Å². The van der Waals surface area contributed by atoms with Crippen molar-refractivity contribution >= 4 is 5.78 Å². The van der Waals surface area contributed by atoms with E-state index in [9.17, 15) is 15.0 Å². The maximum atomic E-state index is 14.8. The molecule has 14 atom stereocenters. The summed E-state index contributed by atoms with van der Waals surface area (Å²) >= 11 is 0. The van der Waals surface area contributed by atoms with Gasteiger partial charge in [-0.25, -0.2) is 0 Å². The number of hydrogen-bond acceptors (Lipinski definition) is 6. The molecule has 9 aliphatic rings. The minimum absolute atomic E-state index is 0.0442. The second kappa shape index (κ2) is 11.3. The van der Waals surface area contributed by atoms with Crippen LogP contribution in [0.4, 0.5) is 0 Å². The molecule has 1 aromatic rings. The largest absolute Gasteiger partial charge is 0.387 e. The van der Waals surface area contributed by atoms with Crippen LogP contribution in [0.5, 0.6) is 0 Å². The molecular formula is C41H54O6. The summed E-state index contributed by atoms with van der Waals surface area (Å²) in [7, 11) is 0. The first-order valence-corrected chi connectivity index (χ1v) is 18.5. The van der Waals surface area contributed by atoms with E-state index in [0.717, 1.165) is 62.5 Å². The van der Waals surface area contributed by atoms with Crippen molar-refractivity contribution in [3.63, 3.8) is 0 Å². The molecular weight excluding hydrogens is 588 g/mol. The molecule has 5 aliphatic carbocycles. The van der Waals surface area contributed by atoms with Crippen LogP contribution >= 0.6 is 0 Å². The summed E-state index contributed by atoms with van der Waals surface area (Å²) in [4.78, 5) is 14.8. The van der Waals surface area contributed by atoms with Gasteiger partial charge in [0.15, 0.2) is 5.78 Å². The molecule has 0 radical (unpaired) electrons. The van der Waals surface area contributed by atoms with Crippen LogP contribution in [0.1, 0.15) is 97.5 Å². The Labute approximate surface area is 281 Å². The van der Waals surface area contributed by atoms with Crippen LogP contribution in [0.15, 0.2) is 41.5 Å². The molecule has 254 valence electrons. The third kappa shape index (κ3) is 4.45. The van der Waals surface area contributed by atoms with E-state index >= 15 is 0 Å². The Morgan fingerprint density at radius 1 is 1.00 bits per heavy atom. The Hall–Kier alpha value is -2.01. The zero-order chi connectivity index (χ0) is 32.9. The molecule has 10 rings (SSSR count). The van der Waals surface area contributed by atoms with E-state index in [4.69, 9.17) is 14.2 Å². The number of allylic oxidation sites excluding steroid dienone is 1. The second-order valence-corrected chi connectivity index (χ2v) is 17.2. The van der Waals surface area contributed by atoms with Crippen LogP contribution in [0.2, 0.25) is 0 Å². The van der Waals surface area contributed by atoms with Crippen LogP contribution < -0.4 is 0 Å². The van der Waals surface area contributed by atoms with E-state index in [2.05, 4.69) is 63.8 Å². The Kier molecular flexibility index (Phi) is 7.71. The van der Waals surface area contributed by atoms with E-state index in [1.165, 1.54) is 5.57 Å². The fourth-order valence-electron chi connectivity index (χ4n) is 12.3. The number of ether oxygens (including phenoxy) is 3. The van der Waals surface area contributed by atoms with Gasteiger partial charge < -0.3 is 24.4 Å². The van der Waals surface area contributed by atoms with E-state index in [1.54, 1.807) is 0 Å². The number of rotatable bonds is 4. The minimum atomic E-state index is -1.38. The molecule has 7 bridgehead atoms. The summed E-state index contributed by atoms with van der Waals surface area (Å²) in [6.45, 7) is 12.2. The lowest BCUT2D eigenvalue weighted by Crippen LogP contribution is -2.66. The fraction of sp³-hybridized carbons (Fsp3) is 0.732. The number of aliphatic hydroxyl groups is 2. The highest BCUT2D eigenvalue weighted by molar-refractivity contribution is 6.00. The predicted octanol–water partition coefficient (Wildman–Crippen LogP) is 6.24. The van der Waals surface area contributed by atoms with Gasteiger partial charge in [0.2, 0.25) is 0 Å². The summed E-state index contributed by atoms with van der Waals surface area (Å²) in [5.74, 6) is 7.84. The average molecular weight is 643 g/mol. The minimum Gasteiger partial charge on any atom is -0.387 e. The first-order chi connectivity index (χ1) is 22.4. The van der Waals surface area contributed by atoms with Gasteiger partial charge in [0.05, 0.1) is 35.9 Å². The molecule has 3 saturated carbocycles. The number of aliphatic hydroxyl groups excluding tert-OH is 1. The molecule has 0 aromatic heterocycles. The fourth-order valence-corrected chi connectivity index (χ4v) is 12.3. The van der Waals surface area contributed by atoms with Crippen molar-refractivity contribution < 1.29 is 29.2 Å². The number of benzene rings is 1. The smallest absolute Gasteiger partial charge is 0.162 e. The molecule has 2 N–H and O–H groups in total. The molecule has 4 heterocycles. The van der Waals surface area contributed by atoms with Crippen LogP contribution in [0.25, 0.3) is 0 Å². The Bertz CT molecular complexity index is 1500. The highest BCUT2D eigenvalue weighted by Crippen LogP contribution is 2.74. The molecule has 14 unspecified atom stereocenters. The third-order valence-electron chi connectivity index (χ3n) is 15.1. The topological polar surface area (TPSA) is 85.2 Å². The standard InChI is InChI=1S/C41H54O6/c1-24-22-46-36(25(24)2)37(43)40(5,44)33-20-28-13-14-30-34-31-16-18-39(33,4)41(28,34)47-19-9-12-27(26-10-7-6-8-11-26)23-45-29-15-17-38(31,3)32(21-29)35(30)42/h6-8,10-11,24-25,27-29,31-33,36-37,43-44H,13-23H2,1-5H3. The maximum absolute atomic E-state index is 14.8. The molecule has 1 saturated heterocycles. The van der Waals surface area contributed by atoms with E-state index in [0.29, 0.717) is 24.9 Å². The first-order valence-electron chi connectivity index (χ1n) is 18.5. The van der Waals surface area contributed by atoms with Gasteiger partial charge in [-0.05, 0) is 110 Å². The maximum Gasteiger partial charge on any atom is 0.162 e. The summed E-state index contributed by atoms with van der Waals surface area (Å²) in [6, 6.07) is 10.4. The highest BCUT2D eigenvalue weighted by Gasteiger charge is 2.75. The summed E-state index contributed by atoms with van der Waals surface area (Å²) in [5, 5.41) is 24.5. The van der Waals surface area contributed by atoms with Crippen LogP contribution in [-0.2, 0) is 19.0 Å². The lowest BCUT2D eigenvalue weighted by atomic mass is 9.42. The predicted molar refractivity (Wildman–Crippen MR) is 179 cm³/mol. The van der Waals surface area contributed by atoms with Gasteiger partial charge in [0, 0.05) is 17.9 Å². The van der Waals surface area contributed by atoms with Crippen LogP contribution in [-0.4, -0.2) is 65.3 Å². The zero-order valence-corrected chi connectivity index (χ0v) is 29.0. The molecule has 6 heteroatoms. The van der Waals surface area contributed by atoms with Gasteiger partial charge >= 0.3 is 0 Å². The van der Waals surface area contributed by atoms with Gasteiger partial charge in [-0.2, -0.15) is 0 Å². The summed E-state index contributed by atoms with van der Waals surface area (Å²) in [5.41, 5.74) is 0.682. The van der Waals surface area contributed by atoms with E-state index < -0.39 is 28.8 Å². The first kappa shape index (κ1) is 32.2. The van der Waals surface area contributed by atoms with Crippen LogP contribution in [0, 0.1) is 58.2 Å². The summed E-state index contributed by atoms with van der Waals surface area (Å²) in [6.07, 6.45) is 5.55. The third-order valence-corrected chi connectivity index (χ3v) is 15.1. The Morgan fingerprint density at radius 3 is 2.53 bits per heavy atom. The lowest BCUT2D eigenvalue weighted by molar-refractivity contribution is -0.206. The normalized spacial score (nSPS) is 47.6. The van der Waals surface area contributed by atoms with Crippen LogP contribution in [0.3, 0.4) is 0 Å². The molecule has 1 aromatic carbocycles. The average Bonchev–Trinajstić information content (AvgIpc) is 3.54. The molecule has 0 amide bonds. The van der Waals surface area contributed by atoms with Gasteiger partial charge in [0.1, 0.15) is 12.7 Å². The molecule has 6 nitrogen and oxygen atoms in total. The van der Waals surface area contributed by atoms with E-state index in [1.807, 2.05) is 13.0 Å². The van der Waals surface area contributed by atoms with Gasteiger partial charge in [0.25, 0.3) is 0 Å². The number of ketones is 1. The Balaban J connectivity index is 1.25. The summed E-state index contributed by atoms with van der Waals surface area (Å²) < 4.78 is 20.1. The number of hydrogen-bond donors (Lipinski definition) is 2. The van der Waals surface area contributed by atoms with Gasteiger partial charge in [-0.1, -0.05) is 69.9 Å². The Morgan fingerprint density at radius 2 is 1.79 bits per heavy atom.